The Morgan fingerprint density at radius 1 is 1.45 bits per heavy atom. The highest BCUT2D eigenvalue weighted by Gasteiger charge is 2.34. The number of hydrogen-bond acceptors (Lipinski definition) is 3. The fourth-order valence-corrected chi connectivity index (χ4v) is 2.94. The topological polar surface area (TPSA) is 45.2 Å². The molecular formula is C16H23N3O. The van der Waals surface area contributed by atoms with E-state index in [1.807, 2.05) is 19.1 Å². The van der Waals surface area contributed by atoms with Crippen LogP contribution in [0.15, 0.2) is 18.3 Å². The first-order valence-electron chi connectivity index (χ1n) is 7.67. The molecule has 2 heterocycles. The summed E-state index contributed by atoms with van der Waals surface area (Å²) in [5.41, 5.74) is 2.03. The van der Waals surface area contributed by atoms with Crippen LogP contribution in [0.3, 0.4) is 0 Å². The molecule has 1 N–H and O–H groups in total. The van der Waals surface area contributed by atoms with E-state index in [9.17, 15) is 4.79 Å². The number of carbonyl (C=O) groups excluding carboxylic acids is 1. The van der Waals surface area contributed by atoms with E-state index in [-0.39, 0.29) is 5.91 Å². The fraction of sp³-hybridized carbons (Fsp3) is 0.625. The zero-order valence-corrected chi connectivity index (χ0v) is 12.1. The van der Waals surface area contributed by atoms with Gasteiger partial charge in [-0.1, -0.05) is 6.07 Å². The van der Waals surface area contributed by atoms with Crippen molar-refractivity contribution in [2.24, 2.45) is 0 Å². The standard InChI is InChI=1S/C16H23N3O/c1-12-4-2-9-18-15(12)10-16(20)19(14-6-7-14)11-13-5-3-8-17-13/h2,4,9,13-14,17H,3,5-8,10-11H2,1H3. The first kappa shape index (κ1) is 13.6. The number of nitrogens with one attached hydrogen (secondary N) is 1. The van der Waals surface area contributed by atoms with Gasteiger partial charge in [-0.05, 0) is 50.8 Å². The fourth-order valence-electron chi connectivity index (χ4n) is 2.94. The van der Waals surface area contributed by atoms with Gasteiger partial charge in [0.25, 0.3) is 0 Å². The monoisotopic (exact) mass is 273 g/mol. The smallest absolute Gasteiger partial charge is 0.228 e. The molecule has 1 unspecified atom stereocenters. The molecule has 1 atom stereocenters. The quantitative estimate of drug-likeness (QED) is 0.887. The minimum absolute atomic E-state index is 0.239. The lowest BCUT2D eigenvalue weighted by atomic mass is 10.1. The Labute approximate surface area is 120 Å². The molecule has 2 aliphatic rings. The van der Waals surface area contributed by atoms with Crippen molar-refractivity contribution in [3.05, 3.63) is 29.6 Å². The van der Waals surface area contributed by atoms with Gasteiger partial charge in [0.15, 0.2) is 0 Å². The van der Waals surface area contributed by atoms with Gasteiger partial charge in [-0.25, -0.2) is 0 Å². The molecule has 0 bridgehead atoms. The van der Waals surface area contributed by atoms with E-state index in [0.717, 1.165) is 24.3 Å². The summed E-state index contributed by atoms with van der Waals surface area (Å²) >= 11 is 0. The lowest BCUT2D eigenvalue weighted by molar-refractivity contribution is -0.131. The number of hydrogen-bond donors (Lipinski definition) is 1. The SMILES string of the molecule is Cc1cccnc1CC(=O)N(CC1CCCN1)C1CC1. The minimum Gasteiger partial charge on any atom is -0.338 e. The third-order valence-electron chi connectivity index (χ3n) is 4.32. The second-order valence-corrected chi connectivity index (χ2v) is 6.01. The minimum atomic E-state index is 0.239. The maximum absolute atomic E-state index is 12.6. The van der Waals surface area contributed by atoms with Gasteiger partial charge in [0.1, 0.15) is 0 Å². The second kappa shape index (κ2) is 5.92. The van der Waals surface area contributed by atoms with E-state index in [1.54, 1.807) is 6.20 Å². The lowest BCUT2D eigenvalue weighted by Gasteiger charge is -2.26. The van der Waals surface area contributed by atoms with Gasteiger partial charge in [0.2, 0.25) is 5.91 Å². The van der Waals surface area contributed by atoms with E-state index >= 15 is 0 Å². The third-order valence-corrected chi connectivity index (χ3v) is 4.32. The number of amides is 1. The van der Waals surface area contributed by atoms with Gasteiger partial charge in [-0.15, -0.1) is 0 Å². The molecule has 1 aliphatic heterocycles. The molecule has 4 heteroatoms. The Balaban J connectivity index is 1.64. The molecule has 2 fully saturated rings. The molecule has 3 rings (SSSR count). The maximum Gasteiger partial charge on any atom is 0.228 e. The summed E-state index contributed by atoms with van der Waals surface area (Å²) in [4.78, 5) is 19.0. The Morgan fingerprint density at radius 3 is 2.95 bits per heavy atom. The first-order valence-corrected chi connectivity index (χ1v) is 7.67. The zero-order chi connectivity index (χ0) is 13.9. The van der Waals surface area contributed by atoms with Crippen molar-refractivity contribution >= 4 is 5.91 Å². The summed E-state index contributed by atoms with van der Waals surface area (Å²) < 4.78 is 0. The molecule has 4 nitrogen and oxygen atoms in total. The van der Waals surface area contributed by atoms with Gasteiger partial charge in [-0.3, -0.25) is 9.78 Å². The Hall–Kier alpha value is -1.42. The number of carbonyl (C=O) groups is 1. The molecule has 1 saturated carbocycles. The van der Waals surface area contributed by atoms with Crippen molar-refractivity contribution in [2.45, 2.75) is 51.1 Å². The van der Waals surface area contributed by atoms with Crippen LogP contribution < -0.4 is 5.32 Å². The average Bonchev–Trinajstić information content (AvgIpc) is 3.15. The molecule has 1 aliphatic carbocycles. The molecule has 1 amide bonds. The van der Waals surface area contributed by atoms with E-state index in [1.165, 1.54) is 25.7 Å². The van der Waals surface area contributed by atoms with Crippen molar-refractivity contribution in [1.82, 2.24) is 15.2 Å². The van der Waals surface area contributed by atoms with Crippen molar-refractivity contribution < 1.29 is 4.79 Å². The van der Waals surface area contributed by atoms with Gasteiger partial charge >= 0.3 is 0 Å². The van der Waals surface area contributed by atoms with E-state index in [4.69, 9.17) is 0 Å². The lowest BCUT2D eigenvalue weighted by Crippen LogP contribution is -2.43. The molecule has 0 radical (unpaired) electrons. The molecule has 0 aromatic carbocycles. The van der Waals surface area contributed by atoms with Crippen LogP contribution in [0.1, 0.15) is 36.9 Å². The molecule has 1 saturated heterocycles. The normalized spacial score (nSPS) is 21.9. The van der Waals surface area contributed by atoms with Crippen molar-refractivity contribution in [2.75, 3.05) is 13.1 Å². The first-order chi connectivity index (χ1) is 9.74. The molecule has 108 valence electrons. The highest BCUT2D eigenvalue weighted by Crippen LogP contribution is 2.28. The largest absolute Gasteiger partial charge is 0.338 e. The third kappa shape index (κ3) is 3.18. The van der Waals surface area contributed by atoms with Gasteiger partial charge < -0.3 is 10.2 Å². The summed E-state index contributed by atoms with van der Waals surface area (Å²) in [5, 5.41) is 3.49. The Kier molecular flexibility index (Phi) is 4.01. The highest BCUT2D eigenvalue weighted by molar-refractivity contribution is 5.79. The molecule has 1 aromatic rings. The van der Waals surface area contributed by atoms with E-state index in [2.05, 4.69) is 15.2 Å². The number of pyridine rings is 1. The van der Waals surface area contributed by atoms with Crippen molar-refractivity contribution in [1.29, 1.82) is 0 Å². The summed E-state index contributed by atoms with van der Waals surface area (Å²) in [5.74, 6) is 0.239. The Morgan fingerprint density at radius 2 is 2.30 bits per heavy atom. The molecular weight excluding hydrogens is 250 g/mol. The summed E-state index contributed by atoms with van der Waals surface area (Å²) in [6.07, 6.45) is 6.97. The molecule has 0 spiro atoms. The average molecular weight is 273 g/mol. The van der Waals surface area contributed by atoms with Crippen LogP contribution in [0.25, 0.3) is 0 Å². The van der Waals surface area contributed by atoms with Crippen LogP contribution in [-0.4, -0.2) is 41.0 Å². The van der Waals surface area contributed by atoms with Gasteiger partial charge in [0, 0.05) is 24.8 Å². The predicted octanol–water partition coefficient (Wildman–Crippen LogP) is 1.68. The predicted molar refractivity (Wildman–Crippen MR) is 78.4 cm³/mol. The molecule has 20 heavy (non-hydrogen) atoms. The van der Waals surface area contributed by atoms with Crippen molar-refractivity contribution in [3.8, 4) is 0 Å². The Bertz CT molecular complexity index is 478. The van der Waals surface area contributed by atoms with Crippen LogP contribution in [-0.2, 0) is 11.2 Å². The van der Waals surface area contributed by atoms with E-state index in [0.29, 0.717) is 18.5 Å². The number of nitrogens with zero attached hydrogens (tertiary/aromatic N) is 2. The van der Waals surface area contributed by atoms with Crippen LogP contribution >= 0.6 is 0 Å². The highest BCUT2D eigenvalue weighted by atomic mass is 16.2. The summed E-state index contributed by atoms with van der Waals surface area (Å²) in [6, 6.07) is 4.92. The maximum atomic E-state index is 12.6. The summed E-state index contributed by atoms with van der Waals surface area (Å²) in [7, 11) is 0. The van der Waals surface area contributed by atoms with Crippen molar-refractivity contribution in [3.63, 3.8) is 0 Å². The van der Waals surface area contributed by atoms with Crippen LogP contribution in [0.4, 0.5) is 0 Å². The van der Waals surface area contributed by atoms with Crippen LogP contribution in [0.5, 0.6) is 0 Å². The summed E-state index contributed by atoms with van der Waals surface area (Å²) in [6.45, 7) is 3.99. The molecule has 1 aromatic heterocycles. The van der Waals surface area contributed by atoms with E-state index < -0.39 is 0 Å². The van der Waals surface area contributed by atoms with Gasteiger partial charge in [0.05, 0.1) is 12.1 Å². The van der Waals surface area contributed by atoms with Gasteiger partial charge in [-0.2, -0.15) is 0 Å². The van der Waals surface area contributed by atoms with Crippen LogP contribution in [0.2, 0.25) is 0 Å². The second-order valence-electron chi connectivity index (χ2n) is 6.01. The zero-order valence-electron chi connectivity index (χ0n) is 12.1. The van der Waals surface area contributed by atoms with Crippen LogP contribution in [0, 0.1) is 6.92 Å². The number of aromatic nitrogens is 1. The number of aryl methyl sites for hydroxylation is 1. The number of rotatable bonds is 5.